The predicted octanol–water partition coefficient (Wildman–Crippen LogP) is 3.07. The van der Waals surface area contributed by atoms with Crippen LogP contribution in [-0.4, -0.2) is 21.3 Å². The third-order valence-corrected chi connectivity index (χ3v) is 3.25. The summed E-state index contributed by atoms with van der Waals surface area (Å²) in [4.78, 5) is 4.41. The Hall–Kier alpha value is -2.72. The van der Waals surface area contributed by atoms with E-state index in [-0.39, 0.29) is 0 Å². The second-order valence-corrected chi connectivity index (χ2v) is 4.92. The highest BCUT2D eigenvalue weighted by molar-refractivity contribution is 5.48. The average molecular weight is 290 g/mol. The average Bonchev–Trinajstić information content (AvgIpc) is 3.11. The lowest BCUT2D eigenvalue weighted by Gasteiger charge is -2.04. The van der Waals surface area contributed by atoms with Crippen LogP contribution in [0.1, 0.15) is 11.1 Å². The van der Waals surface area contributed by atoms with E-state index in [1.165, 1.54) is 5.56 Å². The Bertz CT molecular complexity index is 701. The van der Waals surface area contributed by atoms with Crippen LogP contribution in [0.4, 0.5) is 0 Å². The Balaban J connectivity index is 1.47. The van der Waals surface area contributed by atoms with Gasteiger partial charge in [-0.05, 0) is 23.3 Å². The minimum Gasteiger partial charge on any atom is -0.309 e. The number of hydrogen-bond acceptors (Lipinski definition) is 3. The molecule has 4 heteroatoms. The quantitative estimate of drug-likeness (QED) is 0.709. The number of aromatic nitrogens is 3. The van der Waals surface area contributed by atoms with E-state index in [1.807, 2.05) is 42.7 Å². The highest BCUT2D eigenvalue weighted by Crippen LogP contribution is 2.04. The van der Waals surface area contributed by atoms with E-state index >= 15 is 0 Å². The Morgan fingerprint density at radius 2 is 1.95 bits per heavy atom. The Kier molecular flexibility index (Phi) is 4.74. The lowest BCUT2D eigenvalue weighted by atomic mass is 10.2. The molecule has 0 amide bonds. The molecular weight excluding hydrogens is 272 g/mol. The number of pyridine rings is 1. The molecule has 0 unspecified atom stereocenters. The van der Waals surface area contributed by atoms with Crippen LogP contribution in [0.25, 0.3) is 11.9 Å². The van der Waals surface area contributed by atoms with Crippen LogP contribution >= 0.6 is 0 Å². The molecule has 1 aromatic carbocycles. The summed E-state index contributed by atoms with van der Waals surface area (Å²) in [5.41, 5.74) is 2.37. The summed E-state index contributed by atoms with van der Waals surface area (Å²) in [6, 6.07) is 16.2. The molecule has 22 heavy (non-hydrogen) atoms. The largest absolute Gasteiger partial charge is 0.309 e. The molecule has 2 aromatic heterocycles. The normalized spacial score (nSPS) is 11.1. The SMILES string of the molecule is C(=C\c1ccccc1)/CNCc1ccc(-n2cccn2)nc1. The molecule has 0 saturated heterocycles. The molecule has 2 heterocycles. The van der Waals surface area contributed by atoms with Crippen LogP contribution in [-0.2, 0) is 6.54 Å². The molecule has 0 atom stereocenters. The van der Waals surface area contributed by atoms with E-state index in [1.54, 1.807) is 10.9 Å². The van der Waals surface area contributed by atoms with Gasteiger partial charge >= 0.3 is 0 Å². The summed E-state index contributed by atoms with van der Waals surface area (Å²) in [6.45, 7) is 1.63. The van der Waals surface area contributed by atoms with Crippen molar-refractivity contribution in [2.75, 3.05) is 6.54 Å². The van der Waals surface area contributed by atoms with Gasteiger partial charge in [0.1, 0.15) is 0 Å². The highest BCUT2D eigenvalue weighted by Gasteiger charge is 1.98. The minimum absolute atomic E-state index is 0.797. The van der Waals surface area contributed by atoms with Crippen LogP contribution in [0.15, 0.2) is 73.2 Å². The van der Waals surface area contributed by atoms with E-state index in [9.17, 15) is 0 Å². The molecule has 1 N–H and O–H groups in total. The van der Waals surface area contributed by atoms with Gasteiger partial charge in [-0.2, -0.15) is 5.10 Å². The smallest absolute Gasteiger partial charge is 0.153 e. The van der Waals surface area contributed by atoms with Gasteiger partial charge in [0.15, 0.2) is 5.82 Å². The topological polar surface area (TPSA) is 42.7 Å². The summed E-state index contributed by atoms with van der Waals surface area (Å²) < 4.78 is 1.75. The monoisotopic (exact) mass is 290 g/mol. The molecule has 0 fully saturated rings. The first-order valence-electron chi connectivity index (χ1n) is 7.29. The van der Waals surface area contributed by atoms with Crippen molar-refractivity contribution in [1.29, 1.82) is 0 Å². The van der Waals surface area contributed by atoms with Crippen LogP contribution in [0.5, 0.6) is 0 Å². The molecule has 0 aliphatic heterocycles. The second-order valence-electron chi connectivity index (χ2n) is 4.92. The molecule has 0 radical (unpaired) electrons. The summed E-state index contributed by atoms with van der Waals surface area (Å²) in [6.07, 6.45) is 9.75. The van der Waals surface area contributed by atoms with Gasteiger partial charge in [0.25, 0.3) is 0 Å². The van der Waals surface area contributed by atoms with Crippen molar-refractivity contribution in [2.24, 2.45) is 0 Å². The number of hydrogen-bond donors (Lipinski definition) is 1. The molecule has 0 aliphatic rings. The summed E-state index contributed by atoms with van der Waals surface area (Å²) in [5.74, 6) is 0.831. The van der Waals surface area contributed by atoms with Crippen LogP contribution < -0.4 is 5.32 Å². The van der Waals surface area contributed by atoms with E-state index in [0.29, 0.717) is 0 Å². The zero-order chi connectivity index (χ0) is 15.0. The first-order valence-corrected chi connectivity index (χ1v) is 7.29. The molecule has 0 aliphatic carbocycles. The fourth-order valence-corrected chi connectivity index (χ4v) is 2.12. The highest BCUT2D eigenvalue weighted by atomic mass is 15.3. The summed E-state index contributed by atoms with van der Waals surface area (Å²) >= 11 is 0. The van der Waals surface area contributed by atoms with Crippen LogP contribution in [0, 0.1) is 0 Å². The summed E-state index contributed by atoms with van der Waals surface area (Å²) in [7, 11) is 0. The third-order valence-electron chi connectivity index (χ3n) is 3.25. The standard InChI is InChI=1S/C18H18N4/c1-2-6-16(7-3-1)8-4-11-19-14-17-9-10-18(20-15-17)22-13-5-12-21-22/h1-10,12-13,15,19H,11,14H2/b8-4+. The molecule has 0 bridgehead atoms. The zero-order valence-electron chi connectivity index (χ0n) is 12.3. The van der Waals surface area contributed by atoms with Gasteiger partial charge in [-0.15, -0.1) is 0 Å². The Labute approximate surface area is 130 Å². The maximum atomic E-state index is 4.41. The maximum absolute atomic E-state index is 4.41. The number of benzene rings is 1. The van der Waals surface area contributed by atoms with Gasteiger partial charge < -0.3 is 5.32 Å². The van der Waals surface area contributed by atoms with Gasteiger partial charge in [-0.1, -0.05) is 48.6 Å². The molecule has 0 spiro atoms. The first-order chi connectivity index (χ1) is 10.9. The number of nitrogens with one attached hydrogen (secondary N) is 1. The number of nitrogens with zero attached hydrogens (tertiary/aromatic N) is 3. The summed E-state index contributed by atoms with van der Waals surface area (Å²) in [5, 5.41) is 7.54. The van der Waals surface area contributed by atoms with E-state index in [2.05, 4.69) is 45.8 Å². The lowest BCUT2D eigenvalue weighted by molar-refractivity contribution is 0.754. The maximum Gasteiger partial charge on any atom is 0.153 e. The molecule has 3 rings (SSSR count). The number of rotatable bonds is 6. The van der Waals surface area contributed by atoms with Gasteiger partial charge in [0.05, 0.1) is 0 Å². The van der Waals surface area contributed by atoms with Crippen molar-refractivity contribution in [2.45, 2.75) is 6.54 Å². The first kappa shape index (κ1) is 14.2. The Morgan fingerprint density at radius 1 is 1.05 bits per heavy atom. The molecule has 3 aromatic rings. The van der Waals surface area contributed by atoms with Gasteiger partial charge in [0, 0.05) is 31.7 Å². The van der Waals surface area contributed by atoms with E-state index < -0.39 is 0 Å². The van der Waals surface area contributed by atoms with Crippen molar-refractivity contribution >= 4 is 6.08 Å². The molecule has 4 nitrogen and oxygen atoms in total. The predicted molar refractivity (Wildman–Crippen MR) is 88.5 cm³/mol. The van der Waals surface area contributed by atoms with E-state index in [4.69, 9.17) is 0 Å². The minimum atomic E-state index is 0.797. The van der Waals surface area contributed by atoms with Crippen molar-refractivity contribution < 1.29 is 0 Å². The van der Waals surface area contributed by atoms with Gasteiger partial charge in [-0.25, -0.2) is 9.67 Å². The Morgan fingerprint density at radius 3 is 2.68 bits per heavy atom. The fourth-order valence-electron chi connectivity index (χ4n) is 2.12. The fraction of sp³-hybridized carbons (Fsp3) is 0.111. The van der Waals surface area contributed by atoms with Crippen molar-refractivity contribution in [1.82, 2.24) is 20.1 Å². The molecular formula is C18H18N4. The van der Waals surface area contributed by atoms with Crippen LogP contribution in [0.3, 0.4) is 0 Å². The van der Waals surface area contributed by atoms with Gasteiger partial charge in [-0.3, -0.25) is 0 Å². The van der Waals surface area contributed by atoms with Crippen molar-refractivity contribution in [3.63, 3.8) is 0 Å². The van der Waals surface area contributed by atoms with E-state index in [0.717, 1.165) is 24.5 Å². The van der Waals surface area contributed by atoms with Crippen molar-refractivity contribution in [3.05, 3.63) is 84.3 Å². The molecule has 0 saturated carbocycles. The van der Waals surface area contributed by atoms with Crippen LogP contribution in [0.2, 0.25) is 0 Å². The lowest BCUT2D eigenvalue weighted by Crippen LogP contribution is -2.13. The molecule has 110 valence electrons. The van der Waals surface area contributed by atoms with Gasteiger partial charge in [0.2, 0.25) is 0 Å². The third kappa shape index (κ3) is 3.90. The second kappa shape index (κ2) is 7.33. The zero-order valence-corrected chi connectivity index (χ0v) is 12.3. The van der Waals surface area contributed by atoms with Crippen molar-refractivity contribution in [3.8, 4) is 5.82 Å².